The van der Waals surface area contributed by atoms with Crippen molar-refractivity contribution >= 4 is 22.9 Å². The third-order valence-electron chi connectivity index (χ3n) is 4.45. The average molecular weight is 360 g/mol. The zero-order chi connectivity index (χ0) is 19.2. The largest absolute Gasteiger partial charge is 0.484 e. The number of amides is 1. The molecule has 27 heavy (non-hydrogen) atoms. The van der Waals surface area contributed by atoms with Crippen molar-refractivity contribution < 1.29 is 9.53 Å². The van der Waals surface area contributed by atoms with E-state index in [-0.39, 0.29) is 12.5 Å². The molecule has 138 valence electrons. The number of aryl methyl sites for hydroxylation is 1. The van der Waals surface area contributed by atoms with E-state index in [9.17, 15) is 4.79 Å². The smallest absolute Gasteiger partial charge is 0.277 e. The van der Waals surface area contributed by atoms with Crippen molar-refractivity contribution in [2.45, 2.75) is 26.7 Å². The molecule has 0 saturated heterocycles. The van der Waals surface area contributed by atoms with E-state index < -0.39 is 0 Å². The summed E-state index contributed by atoms with van der Waals surface area (Å²) < 4.78 is 5.57. The molecule has 0 heterocycles. The lowest BCUT2D eigenvalue weighted by molar-refractivity contribution is -0.123. The first-order valence-electron chi connectivity index (χ1n) is 9.07. The van der Waals surface area contributed by atoms with Gasteiger partial charge in [0.05, 0.1) is 6.21 Å². The van der Waals surface area contributed by atoms with Gasteiger partial charge in [0.1, 0.15) is 5.75 Å². The normalized spacial score (nSPS) is 11.3. The van der Waals surface area contributed by atoms with Crippen LogP contribution in [0.25, 0.3) is 10.8 Å². The fourth-order valence-electron chi connectivity index (χ4n) is 3.10. The molecule has 3 aromatic carbocycles. The predicted octanol–water partition coefficient (Wildman–Crippen LogP) is 4.80. The van der Waals surface area contributed by atoms with Crippen molar-refractivity contribution in [3.05, 3.63) is 77.4 Å². The Balaban J connectivity index is 1.57. The molecule has 0 aliphatic rings. The molecule has 3 aromatic rings. The molecule has 0 bridgehead atoms. The minimum atomic E-state index is -0.294. The summed E-state index contributed by atoms with van der Waals surface area (Å²) in [5, 5.41) is 6.28. The van der Waals surface area contributed by atoms with Crippen molar-refractivity contribution in [1.82, 2.24) is 5.43 Å². The highest BCUT2D eigenvalue weighted by Crippen LogP contribution is 2.23. The Kier molecular flexibility index (Phi) is 5.87. The summed E-state index contributed by atoms with van der Waals surface area (Å²) in [4.78, 5) is 12.0. The molecule has 3 rings (SSSR count). The maximum absolute atomic E-state index is 12.0. The van der Waals surface area contributed by atoms with Crippen LogP contribution in [0.5, 0.6) is 5.75 Å². The first kappa shape index (κ1) is 18.6. The Morgan fingerprint density at radius 1 is 1.11 bits per heavy atom. The van der Waals surface area contributed by atoms with E-state index in [1.807, 2.05) is 60.7 Å². The lowest BCUT2D eigenvalue weighted by atomic mass is 9.98. The SMILES string of the molecule is Cc1cc(OCC(=O)N/N=C/c2cccc3ccccc23)ccc1C(C)C. The molecule has 0 aliphatic heterocycles. The molecule has 1 amide bonds. The van der Waals surface area contributed by atoms with Gasteiger partial charge in [-0.25, -0.2) is 5.43 Å². The Morgan fingerprint density at radius 3 is 2.67 bits per heavy atom. The topological polar surface area (TPSA) is 50.7 Å². The van der Waals surface area contributed by atoms with Gasteiger partial charge in [-0.05, 0) is 46.9 Å². The van der Waals surface area contributed by atoms with Crippen LogP contribution in [0, 0.1) is 6.92 Å². The highest BCUT2D eigenvalue weighted by atomic mass is 16.5. The summed E-state index contributed by atoms with van der Waals surface area (Å²) in [6.45, 7) is 6.29. The van der Waals surface area contributed by atoms with Crippen LogP contribution in [0.1, 0.15) is 36.5 Å². The van der Waals surface area contributed by atoms with Crippen LogP contribution >= 0.6 is 0 Å². The molecule has 0 aromatic heterocycles. The van der Waals surface area contributed by atoms with Crippen molar-refractivity contribution in [2.75, 3.05) is 6.61 Å². The molecule has 0 spiro atoms. The fourth-order valence-corrected chi connectivity index (χ4v) is 3.10. The summed E-state index contributed by atoms with van der Waals surface area (Å²) in [7, 11) is 0. The first-order valence-corrected chi connectivity index (χ1v) is 9.07. The molecular formula is C23H24N2O2. The van der Waals surface area contributed by atoms with Gasteiger partial charge in [0.2, 0.25) is 0 Å². The number of benzene rings is 3. The number of nitrogens with zero attached hydrogens (tertiary/aromatic N) is 1. The van der Waals surface area contributed by atoms with Gasteiger partial charge in [-0.15, -0.1) is 0 Å². The standard InChI is InChI=1S/C23H24N2O2/c1-16(2)21-12-11-20(13-17(21)3)27-15-23(26)25-24-14-19-9-6-8-18-7-4-5-10-22(18)19/h4-14,16H,15H2,1-3H3,(H,25,26)/b24-14+. The van der Waals surface area contributed by atoms with E-state index in [0.29, 0.717) is 11.7 Å². The second-order valence-electron chi connectivity index (χ2n) is 6.82. The minimum absolute atomic E-state index is 0.0760. The minimum Gasteiger partial charge on any atom is -0.484 e. The monoisotopic (exact) mass is 360 g/mol. The third kappa shape index (κ3) is 4.73. The number of carbonyl (C=O) groups is 1. The van der Waals surface area contributed by atoms with Crippen LogP contribution in [0.4, 0.5) is 0 Å². The number of ether oxygens (including phenoxy) is 1. The molecule has 0 aliphatic carbocycles. The van der Waals surface area contributed by atoms with E-state index in [1.54, 1.807) is 6.21 Å². The lowest BCUT2D eigenvalue weighted by Crippen LogP contribution is -2.24. The molecule has 0 atom stereocenters. The van der Waals surface area contributed by atoms with Gasteiger partial charge >= 0.3 is 0 Å². The van der Waals surface area contributed by atoms with Crippen molar-refractivity contribution in [1.29, 1.82) is 0 Å². The van der Waals surface area contributed by atoms with Crippen LogP contribution in [0.2, 0.25) is 0 Å². The van der Waals surface area contributed by atoms with Crippen LogP contribution in [0.3, 0.4) is 0 Å². The number of hydrazone groups is 1. The first-order chi connectivity index (χ1) is 13.0. The quantitative estimate of drug-likeness (QED) is 0.507. The lowest BCUT2D eigenvalue weighted by Gasteiger charge is -2.12. The van der Waals surface area contributed by atoms with E-state index >= 15 is 0 Å². The zero-order valence-electron chi connectivity index (χ0n) is 15.9. The molecule has 0 radical (unpaired) electrons. The molecule has 0 unspecified atom stereocenters. The Hall–Kier alpha value is -3.14. The van der Waals surface area contributed by atoms with Gasteiger partial charge in [-0.1, -0.05) is 62.4 Å². The second-order valence-corrected chi connectivity index (χ2v) is 6.82. The van der Waals surface area contributed by atoms with E-state index in [1.165, 1.54) is 5.56 Å². The summed E-state index contributed by atoms with van der Waals surface area (Å²) >= 11 is 0. The van der Waals surface area contributed by atoms with Gasteiger partial charge in [-0.3, -0.25) is 4.79 Å². The number of fused-ring (bicyclic) bond motifs is 1. The van der Waals surface area contributed by atoms with Gasteiger partial charge in [0.15, 0.2) is 6.61 Å². The second kappa shape index (κ2) is 8.49. The van der Waals surface area contributed by atoms with Crippen LogP contribution in [0.15, 0.2) is 65.8 Å². The van der Waals surface area contributed by atoms with E-state index in [4.69, 9.17) is 4.74 Å². The zero-order valence-corrected chi connectivity index (χ0v) is 15.9. The van der Waals surface area contributed by atoms with Gasteiger partial charge in [0.25, 0.3) is 5.91 Å². The highest BCUT2D eigenvalue weighted by Gasteiger charge is 2.06. The average Bonchev–Trinajstić information content (AvgIpc) is 2.66. The molecule has 1 N–H and O–H groups in total. The number of carbonyl (C=O) groups excluding carboxylic acids is 1. The molecule has 0 fully saturated rings. The summed E-state index contributed by atoms with van der Waals surface area (Å²) in [5.74, 6) is 0.855. The number of hydrogen-bond donors (Lipinski definition) is 1. The third-order valence-corrected chi connectivity index (χ3v) is 4.45. The Bertz CT molecular complexity index is 972. The van der Waals surface area contributed by atoms with Crippen LogP contribution < -0.4 is 10.2 Å². The molecule has 4 heteroatoms. The van der Waals surface area contributed by atoms with E-state index in [2.05, 4.69) is 31.3 Å². The van der Waals surface area contributed by atoms with Gasteiger partial charge < -0.3 is 4.74 Å². The number of nitrogens with one attached hydrogen (secondary N) is 1. The van der Waals surface area contributed by atoms with Crippen molar-refractivity contribution in [3.63, 3.8) is 0 Å². The van der Waals surface area contributed by atoms with Gasteiger partial charge in [0, 0.05) is 5.56 Å². The molecule has 4 nitrogen and oxygen atoms in total. The van der Waals surface area contributed by atoms with E-state index in [0.717, 1.165) is 21.9 Å². The number of rotatable bonds is 6. The van der Waals surface area contributed by atoms with Crippen molar-refractivity contribution in [3.8, 4) is 5.75 Å². The van der Waals surface area contributed by atoms with Crippen LogP contribution in [-0.2, 0) is 4.79 Å². The maximum atomic E-state index is 12.0. The van der Waals surface area contributed by atoms with Gasteiger partial charge in [-0.2, -0.15) is 5.10 Å². The fraction of sp³-hybridized carbons (Fsp3) is 0.217. The van der Waals surface area contributed by atoms with Crippen LogP contribution in [-0.4, -0.2) is 18.7 Å². The van der Waals surface area contributed by atoms with Crippen molar-refractivity contribution in [2.24, 2.45) is 5.10 Å². The highest BCUT2D eigenvalue weighted by molar-refractivity contribution is 5.99. The Morgan fingerprint density at radius 2 is 1.89 bits per heavy atom. The molecular weight excluding hydrogens is 336 g/mol. The Labute approximate surface area is 159 Å². The summed E-state index contributed by atoms with van der Waals surface area (Å²) in [6, 6.07) is 20.0. The maximum Gasteiger partial charge on any atom is 0.277 e. The molecule has 0 saturated carbocycles. The predicted molar refractivity (Wildman–Crippen MR) is 110 cm³/mol. The number of hydrogen-bond acceptors (Lipinski definition) is 3. The summed E-state index contributed by atoms with van der Waals surface area (Å²) in [6.07, 6.45) is 1.65. The summed E-state index contributed by atoms with van der Waals surface area (Å²) in [5.41, 5.74) is 5.92.